The molecule has 1 rings (SSSR count). The van der Waals surface area contributed by atoms with Gasteiger partial charge in [0.1, 0.15) is 0 Å². The monoisotopic (exact) mass is 326 g/mol. The normalized spacial score (nSPS) is 11.2. The van der Waals surface area contributed by atoms with E-state index < -0.39 is 0 Å². The van der Waals surface area contributed by atoms with E-state index in [4.69, 9.17) is 0 Å². The fourth-order valence-electron chi connectivity index (χ4n) is 2.50. The summed E-state index contributed by atoms with van der Waals surface area (Å²) in [5, 5.41) is 13.0. The SMILES string of the molecule is CCCCCCCCCCCCn1nnnc1SCCCC. The van der Waals surface area contributed by atoms with Crippen molar-refractivity contribution in [1.29, 1.82) is 0 Å². The van der Waals surface area contributed by atoms with Gasteiger partial charge in [0.15, 0.2) is 0 Å². The predicted molar refractivity (Wildman–Crippen MR) is 95.3 cm³/mol. The molecule has 0 bridgehead atoms. The Labute approximate surface area is 140 Å². The zero-order chi connectivity index (χ0) is 15.9. The fourth-order valence-corrected chi connectivity index (χ4v) is 3.48. The summed E-state index contributed by atoms with van der Waals surface area (Å²) in [6, 6.07) is 0. The van der Waals surface area contributed by atoms with Gasteiger partial charge in [-0.1, -0.05) is 89.8 Å². The van der Waals surface area contributed by atoms with Gasteiger partial charge in [-0.15, -0.1) is 5.10 Å². The molecule has 4 nitrogen and oxygen atoms in total. The Balaban J connectivity index is 1.97. The molecule has 128 valence electrons. The summed E-state index contributed by atoms with van der Waals surface area (Å²) >= 11 is 1.79. The van der Waals surface area contributed by atoms with Gasteiger partial charge < -0.3 is 0 Å². The lowest BCUT2D eigenvalue weighted by Gasteiger charge is -2.04. The average molecular weight is 327 g/mol. The van der Waals surface area contributed by atoms with Crippen molar-refractivity contribution in [1.82, 2.24) is 20.2 Å². The van der Waals surface area contributed by atoms with Crippen LogP contribution in [0.5, 0.6) is 0 Å². The number of aromatic nitrogens is 4. The number of thioether (sulfide) groups is 1. The van der Waals surface area contributed by atoms with E-state index in [9.17, 15) is 0 Å². The van der Waals surface area contributed by atoms with Gasteiger partial charge in [0.05, 0.1) is 0 Å². The Morgan fingerprint density at radius 1 is 0.773 bits per heavy atom. The first-order chi connectivity index (χ1) is 10.9. The number of aryl methyl sites for hydroxylation is 1. The maximum Gasteiger partial charge on any atom is 0.209 e. The molecule has 0 saturated carbocycles. The lowest BCUT2D eigenvalue weighted by molar-refractivity contribution is 0.486. The lowest BCUT2D eigenvalue weighted by Crippen LogP contribution is -2.02. The molecule has 0 fully saturated rings. The molecule has 1 aromatic heterocycles. The number of nitrogens with zero attached hydrogens (tertiary/aromatic N) is 4. The molecule has 0 amide bonds. The number of tetrazole rings is 1. The second kappa shape index (κ2) is 14.0. The van der Waals surface area contributed by atoms with Gasteiger partial charge in [-0.25, -0.2) is 4.68 Å². The van der Waals surface area contributed by atoms with Crippen molar-refractivity contribution < 1.29 is 0 Å². The Kier molecular flexibility index (Phi) is 12.4. The van der Waals surface area contributed by atoms with Crippen molar-refractivity contribution in [3.05, 3.63) is 0 Å². The zero-order valence-electron chi connectivity index (χ0n) is 14.6. The first kappa shape index (κ1) is 19.5. The first-order valence-electron chi connectivity index (χ1n) is 9.27. The summed E-state index contributed by atoms with van der Waals surface area (Å²) in [5.41, 5.74) is 0. The molecule has 0 unspecified atom stereocenters. The Morgan fingerprint density at radius 2 is 1.36 bits per heavy atom. The molecule has 0 radical (unpaired) electrons. The molecular weight excluding hydrogens is 292 g/mol. The second-order valence-electron chi connectivity index (χ2n) is 6.07. The molecule has 0 aliphatic rings. The van der Waals surface area contributed by atoms with Gasteiger partial charge >= 0.3 is 0 Å². The van der Waals surface area contributed by atoms with E-state index in [1.54, 1.807) is 11.8 Å². The third-order valence-electron chi connectivity index (χ3n) is 3.95. The minimum Gasteiger partial charge on any atom is -0.220 e. The summed E-state index contributed by atoms with van der Waals surface area (Å²) in [4.78, 5) is 0. The number of hydrogen-bond acceptors (Lipinski definition) is 4. The van der Waals surface area contributed by atoms with Crippen LogP contribution in [0.15, 0.2) is 5.16 Å². The van der Waals surface area contributed by atoms with Gasteiger partial charge in [-0.05, 0) is 23.3 Å². The Morgan fingerprint density at radius 3 is 2.00 bits per heavy atom. The quantitative estimate of drug-likeness (QED) is 0.316. The van der Waals surface area contributed by atoms with Crippen molar-refractivity contribution in [2.75, 3.05) is 5.75 Å². The van der Waals surface area contributed by atoms with Crippen molar-refractivity contribution in [3.8, 4) is 0 Å². The van der Waals surface area contributed by atoms with Crippen LogP contribution in [0.2, 0.25) is 0 Å². The number of unbranched alkanes of at least 4 members (excludes halogenated alkanes) is 10. The van der Waals surface area contributed by atoms with Gasteiger partial charge in [0.2, 0.25) is 5.16 Å². The molecular formula is C17H34N4S. The standard InChI is InChI=1S/C17H34N4S/c1-3-5-7-8-9-10-11-12-13-14-15-21-17(18-19-20-21)22-16-6-4-2/h3-16H2,1-2H3. The maximum atomic E-state index is 4.12. The zero-order valence-corrected chi connectivity index (χ0v) is 15.4. The molecule has 0 aliphatic heterocycles. The van der Waals surface area contributed by atoms with E-state index in [1.165, 1.54) is 77.0 Å². The van der Waals surface area contributed by atoms with Gasteiger partial charge in [0, 0.05) is 12.3 Å². The number of hydrogen-bond donors (Lipinski definition) is 0. The second-order valence-corrected chi connectivity index (χ2v) is 7.13. The van der Waals surface area contributed by atoms with Crippen molar-refractivity contribution >= 4 is 11.8 Å². The third-order valence-corrected chi connectivity index (χ3v) is 4.99. The predicted octanol–water partition coefficient (Wildman–Crippen LogP) is 5.49. The highest BCUT2D eigenvalue weighted by Gasteiger charge is 2.05. The Bertz CT molecular complexity index is 354. The Hall–Kier alpha value is -0.580. The molecule has 1 heterocycles. The largest absolute Gasteiger partial charge is 0.220 e. The van der Waals surface area contributed by atoms with E-state index in [2.05, 4.69) is 29.4 Å². The summed E-state index contributed by atoms with van der Waals surface area (Å²) in [6.07, 6.45) is 16.1. The molecule has 22 heavy (non-hydrogen) atoms. The molecule has 0 atom stereocenters. The van der Waals surface area contributed by atoms with Crippen LogP contribution < -0.4 is 0 Å². The van der Waals surface area contributed by atoms with Crippen LogP contribution in [0.4, 0.5) is 0 Å². The first-order valence-corrected chi connectivity index (χ1v) is 10.3. The van der Waals surface area contributed by atoms with Gasteiger partial charge in [-0.3, -0.25) is 0 Å². The van der Waals surface area contributed by atoms with Crippen molar-refractivity contribution in [3.63, 3.8) is 0 Å². The molecule has 0 spiro atoms. The molecule has 0 N–H and O–H groups in total. The molecule has 0 aliphatic carbocycles. The highest BCUT2D eigenvalue weighted by atomic mass is 32.2. The lowest BCUT2D eigenvalue weighted by atomic mass is 10.1. The smallest absolute Gasteiger partial charge is 0.209 e. The highest BCUT2D eigenvalue weighted by Crippen LogP contribution is 2.16. The molecule has 1 aromatic rings. The minimum absolute atomic E-state index is 0.970. The van der Waals surface area contributed by atoms with Crippen LogP contribution in [-0.2, 0) is 6.54 Å². The third kappa shape index (κ3) is 9.44. The van der Waals surface area contributed by atoms with E-state index in [1.807, 2.05) is 4.68 Å². The summed E-state index contributed by atoms with van der Waals surface area (Å²) in [7, 11) is 0. The van der Waals surface area contributed by atoms with Crippen molar-refractivity contribution in [2.45, 2.75) is 103 Å². The van der Waals surface area contributed by atoms with Gasteiger partial charge in [0.25, 0.3) is 0 Å². The van der Waals surface area contributed by atoms with E-state index >= 15 is 0 Å². The van der Waals surface area contributed by atoms with Crippen LogP contribution in [0.25, 0.3) is 0 Å². The van der Waals surface area contributed by atoms with Crippen LogP contribution >= 0.6 is 11.8 Å². The maximum absolute atomic E-state index is 4.12. The van der Waals surface area contributed by atoms with Crippen LogP contribution in [0, 0.1) is 0 Å². The summed E-state index contributed by atoms with van der Waals surface area (Å²) in [6.45, 7) is 5.46. The average Bonchev–Trinajstić information content (AvgIpc) is 2.97. The van der Waals surface area contributed by atoms with Crippen LogP contribution in [0.3, 0.4) is 0 Å². The number of rotatable bonds is 15. The topological polar surface area (TPSA) is 43.6 Å². The van der Waals surface area contributed by atoms with E-state index in [-0.39, 0.29) is 0 Å². The minimum atomic E-state index is 0.970. The van der Waals surface area contributed by atoms with Gasteiger partial charge in [-0.2, -0.15) is 0 Å². The molecule has 0 saturated heterocycles. The van der Waals surface area contributed by atoms with E-state index in [0.29, 0.717) is 0 Å². The molecule has 0 aromatic carbocycles. The van der Waals surface area contributed by atoms with Crippen LogP contribution in [0.1, 0.15) is 90.9 Å². The van der Waals surface area contributed by atoms with Crippen molar-refractivity contribution in [2.24, 2.45) is 0 Å². The summed E-state index contributed by atoms with van der Waals surface area (Å²) < 4.78 is 1.98. The fraction of sp³-hybridized carbons (Fsp3) is 0.941. The summed E-state index contributed by atoms with van der Waals surface area (Å²) in [5.74, 6) is 1.12. The highest BCUT2D eigenvalue weighted by molar-refractivity contribution is 7.99. The molecule has 5 heteroatoms. The van der Waals surface area contributed by atoms with Crippen LogP contribution in [-0.4, -0.2) is 26.0 Å². The van der Waals surface area contributed by atoms with E-state index in [0.717, 1.165) is 17.5 Å².